The number of unbranched alkanes of at least 4 members (excludes halogenated alkanes) is 23. The van der Waals surface area contributed by atoms with Gasteiger partial charge in [0, 0.05) is 6.42 Å². The third-order valence-electron chi connectivity index (χ3n) is 9.83. The molecule has 1 fully saturated rings. The molecule has 0 spiro atoms. The van der Waals surface area contributed by atoms with Gasteiger partial charge < -0.3 is 40.3 Å². The van der Waals surface area contributed by atoms with Crippen LogP contribution >= 0.6 is 0 Å². The molecule has 1 saturated heterocycles. The molecule has 6 N–H and O–H groups in total. The van der Waals surface area contributed by atoms with Crippen molar-refractivity contribution < 1.29 is 39.8 Å². The lowest BCUT2D eigenvalue weighted by atomic mass is 9.99. The Balaban J connectivity index is 2.07. The van der Waals surface area contributed by atoms with Gasteiger partial charge in [-0.1, -0.05) is 167 Å². The number of ether oxygens (including phenoxy) is 2. The van der Waals surface area contributed by atoms with E-state index in [0.717, 1.165) is 19.3 Å². The van der Waals surface area contributed by atoms with Crippen molar-refractivity contribution in [2.45, 2.75) is 224 Å². The minimum atomic E-state index is -1.56. The van der Waals surface area contributed by atoms with E-state index >= 15 is 0 Å². The number of aliphatic hydroxyl groups is 5. The van der Waals surface area contributed by atoms with Crippen LogP contribution in [0, 0.1) is 0 Å². The number of hydrogen-bond donors (Lipinski definition) is 6. The molecule has 9 heteroatoms. The Morgan fingerprint density at radius 1 is 0.673 bits per heavy atom. The van der Waals surface area contributed by atoms with Crippen LogP contribution in [0.3, 0.4) is 0 Å². The van der Waals surface area contributed by atoms with Crippen molar-refractivity contribution in [3.63, 3.8) is 0 Å². The summed E-state index contributed by atoms with van der Waals surface area (Å²) in [6, 6.07) is -0.794. The van der Waals surface area contributed by atoms with Crippen LogP contribution in [0.4, 0.5) is 0 Å². The molecule has 1 amide bonds. The summed E-state index contributed by atoms with van der Waals surface area (Å²) in [5.74, 6) is -0.229. The van der Waals surface area contributed by atoms with Crippen LogP contribution in [0.15, 0.2) is 12.2 Å². The normalized spacial score (nSPS) is 22.5. The Labute approximate surface area is 299 Å². The molecule has 1 aliphatic rings. The number of amides is 1. The van der Waals surface area contributed by atoms with Gasteiger partial charge in [-0.3, -0.25) is 4.79 Å². The first-order valence-electron chi connectivity index (χ1n) is 20.4. The fourth-order valence-corrected chi connectivity index (χ4v) is 6.55. The SMILES string of the molecule is CCCCCCCCCCCCCCCCCCCCCCCCC/C=C/C(O)C(COC1OC(CO)C(O)C(O)C1O)NC(=O)CCC. The molecule has 9 nitrogen and oxygen atoms in total. The summed E-state index contributed by atoms with van der Waals surface area (Å²) in [5.41, 5.74) is 0. The van der Waals surface area contributed by atoms with Gasteiger partial charge in [0.15, 0.2) is 6.29 Å². The van der Waals surface area contributed by atoms with Gasteiger partial charge in [-0.05, 0) is 19.3 Å². The second-order valence-corrected chi connectivity index (χ2v) is 14.4. The van der Waals surface area contributed by atoms with Gasteiger partial charge in [0.25, 0.3) is 0 Å². The van der Waals surface area contributed by atoms with Gasteiger partial charge in [-0.2, -0.15) is 0 Å². The number of rotatable bonds is 33. The second kappa shape index (κ2) is 31.6. The molecule has 1 aliphatic heterocycles. The van der Waals surface area contributed by atoms with E-state index in [-0.39, 0.29) is 12.5 Å². The van der Waals surface area contributed by atoms with Crippen molar-refractivity contribution in [2.24, 2.45) is 0 Å². The molecule has 1 heterocycles. The van der Waals surface area contributed by atoms with Gasteiger partial charge in [-0.15, -0.1) is 0 Å². The highest BCUT2D eigenvalue weighted by Gasteiger charge is 2.44. The van der Waals surface area contributed by atoms with Crippen molar-refractivity contribution in [2.75, 3.05) is 13.2 Å². The maximum absolute atomic E-state index is 12.3. The summed E-state index contributed by atoms with van der Waals surface area (Å²) in [6.07, 6.45) is 28.7. The third-order valence-corrected chi connectivity index (χ3v) is 9.83. The van der Waals surface area contributed by atoms with Crippen molar-refractivity contribution in [1.29, 1.82) is 0 Å². The van der Waals surface area contributed by atoms with Crippen LogP contribution in [-0.4, -0.2) is 87.5 Å². The lowest BCUT2D eigenvalue weighted by molar-refractivity contribution is -0.302. The number of nitrogens with one attached hydrogen (secondary N) is 1. The van der Waals surface area contributed by atoms with Crippen molar-refractivity contribution in [3.05, 3.63) is 12.2 Å². The minimum absolute atomic E-state index is 0.191. The Morgan fingerprint density at radius 3 is 1.55 bits per heavy atom. The first-order chi connectivity index (χ1) is 23.8. The second-order valence-electron chi connectivity index (χ2n) is 14.4. The molecule has 7 unspecified atom stereocenters. The first-order valence-corrected chi connectivity index (χ1v) is 20.4. The number of aliphatic hydroxyl groups excluding tert-OH is 5. The standard InChI is InChI=1S/C40H77NO8/c1-3-5-6-7-8-9-10-11-12-13-14-15-16-17-18-19-20-21-22-23-24-25-26-27-28-30-34(43)33(41-36(44)29-4-2)32-48-40-39(47)38(46)37(45)35(31-42)49-40/h28,30,33-35,37-40,42-43,45-47H,3-27,29,31-32H2,1-2H3,(H,41,44)/b30-28+. The molecular weight excluding hydrogens is 622 g/mol. The van der Waals surface area contributed by atoms with Crippen molar-refractivity contribution >= 4 is 5.91 Å². The molecule has 0 aromatic carbocycles. The van der Waals surface area contributed by atoms with Gasteiger partial charge in [-0.25, -0.2) is 0 Å². The predicted molar refractivity (Wildman–Crippen MR) is 198 cm³/mol. The molecule has 0 aromatic rings. The Bertz CT molecular complexity index is 781. The zero-order chi connectivity index (χ0) is 36.0. The average molecular weight is 700 g/mol. The molecule has 49 heavy (non-hydrogen) atoms. The maximum Gasteiger partial charge on any atom is 0.220 e. The Hall–Kier alpha value is -1.07. The van der Waals surface area contributed by atoms with Crippen molar-refractivity contribution in [1.82, 2.24) is 5.32 Å². The first kappa shape index (κ1) is 46.0. The molecule has 0 radical (unpaired) electrons. The van der Waals surface area contributed by atoms with Crippen LogP contribution < -0.4 is 5.32 Å². The maximum atomic E-state index is 12.3. The monoisotopic (exact) mass is 700 g/mol. The Kier molecular flexibility index (Phi) is 29.7. The molecule has 7 atom stereocenters. The largest absolute Gasteiger partial charge is 0.394 e. The molecule has 0 aliphatic carbocycles. The number of carbonyl (C=O) groups is 1. The van der Waals surface area contributed by atoms with Gasteiger partial charge in [0.2, 0.25) is 5.91 Å². The summed E-state index contributed by atoms with van der Waals surface area (Å²) in [7, 11) is 0. The predicted octanol–water partition coefficient (Wildman–Crippen LogP) is 7.39. The number of allylic oxidation sites excluding steroid dienone is 1. The number of hydrogen-bond acceptors (Lipinski definition) is 8. The summed E-state index contributed by atoms with van der Waals surface area (Å²) < 4.78 is 11.0. The zero-order valence-corrected chi connectivity index (χ0v) is 31.5. The zero-order valence-electron chi connectivity index (χ0n) is 31.5. The topological polar surface area (TPSA) is 149 Å². The average Bonchev–Trinajstić information content (AvgIpc) is 3.09. The van der Waals surface area contributed by atoms with Crippen LogP contribution in [-0.2, 0) is 14.3 Å². The van der Waals surface area contributed by atoms with E-state index in [1.807, 2.05) is 13.0 Å². The highest BCUT2D eigenvalue weighted by atomic mass is 16.7. The molecule has 0 aromatic heterocycles. The fraction of sp³-hybridized carbons (Fsp3) is 0.925. The minimum Gasteiger partial charge on any atom is -0.394 e. The lowest BCUT2D eigenvalue weighted by Crippen LogP contribution is -2.60. The lowest BCUT2D eigenvalue weighted by Gasteiger charge is -2.40. The van der Waals surface area contributed by atoms with Gasteiger partial charge in [0.05, 0.1) is 25.4 Å². The number of carbonyl (C=O) groups excluding carboxylic acids is 1. The van der Waals surface area contributed by atoms with E-state index in [0.29, 0.717) is 12.8 Å². The summed E-state index contributed by atoms with van der Waals surface area (Å²) in [5, 5.41) is 53.2. The smallest absolute Gasteiger partial charge is 0.220 e. The quantitative estimate of drug-likeness (QED) is 0.0307. The highest BCUT2D eigenvalue weighted by molar-refractivity contribution is 5.76. The van der Waals surface area contributed by atoms with Crippen LogP contribution in [0.5, 0.6) is 0 Å². The van der Waals surface area contributed by atoms with E-state index in [9.17, 15) is 30.3 Å². The van der Waals surface area contributed by atoms with Crippen LogP contribution in [0.2, 0.25) is 0 Å². The molecular formula is C40H77NO8. The van der Waals surface area contributed by atoms with E-state index in [4.69, 9.17) is 9.47 Å². The van der Waals surface area contributed by atoms with Crippen molar-refractivity contribution in [3.8, 4) is 0 Å². The fourth-order valence-electron chi connectivity index (χ4n) is 6.55. The van der Waals surface area contributed by atoms with Crippen LogP contribution in [0.25, 0.3) is 0 Å². The summed E-state index contributed by atoms with van der Waals surface area (Å²) in [6.45, 7) is 3.42. The van der Waals surface area contributed by atoms with E-state index < -0.39 is 49.5 Å². The highest BCUT2D eigenvalue weighted by Crippen LogP contribution is 2.22. The third kappa shape index (κ3) is 23.2. The molecule has 1 rings (SSSR count). The van der Waals surface area contributed by atoms with Gasteiger partial charge in [0.1, 0.15) is 24.4 Å². The molecule has 0 saturated carbocycles. The molecule has 0 bridgehead atoms. The van der Waals surface area contributed by atoms with E-state index in [1.165, 1.54) is 135 Å². The Morgan fingerprint density at radius 2 is 1.12 bits per heavy atom. The van der Waals surface area contributed by atoms with Gasteiger partial charge >= 0.3 is 0 Å². The molecule has 290 valence electrons. The van der Waals surface area contributed by atoms with E-state index in [2.05, 4.69) is 12.2 Å². The van der Waals surface area contributed by atoms with Crippen LogP contribution in [0.1, 0.15) is 181 Å². The van der Waals surface area contributed by atoms with E-state index in [1.54, 1.807) is 6.08 Å². The summed E-state index contributed by atoms with van der Waals surface area (Å²) >= 11 is 0. The summed E-state index contributed by atoms with van der Waals surface area (Å²) in [4.78, 5) is 12.3.